The van der Waals surface area contributed by atoms with E-state index < -0.39 is 18.2 Å². The van der Waals surface area contributed by atoms with Crippen molar-refractivity contribution in [3.63, 3.8) is 0 Å². The van der Waals surface area contributed by atoms with Gasteiger partial charge < -0.3 is 24.1 Å². The van der Waals surface area contributed by atoms with Crippen LogP contribution in [0.2, 0.25) is 10.0 Å². The molecule has 3 amide bonds. The number of benzene rings is 3. The molecule has 0 aromatic heterocycles. The van der Waals surface area contributed by atoms with Crippen molar-refractivity contribution < 1.29 is 23.9 Å². The van der Waals surface area contributed by atoms with Crippen LogP contribution in [0.3, 0.4) is 0 Å². The van der Waals surface area contributed by atoms with Gasteiger partial charge in [0.15, 0.2) is 0 Å². The van der Waals surface area contributed by atoms with Gasteiger partial charge in [0.2, 0.25) is 0 Å². The third-order valence-electron chi connectivity index (χ3n) is 7.58. The molecule has 1 fully saturated rings. The summed E-state index contributed by atoms with van der Waals surface area (Å²) in [4.78, 5) is 42.4. The number of rotatable bonds is 8. The number of carbonyl (C=O) groups excluding carboxylic acids is 2. The molecule has 12 heteroatoms. The summed E-state index contributed by atoms with van der Waals surface area (Å²) < 4.78 is 11.8. The van der Waals surface area contributed by atoms with Gasteiger partial charge in [-0.15, -0.1) is 5.06 Å². The first-order valence-corrected chi connectivity index (χ1v) is 15.7. The van der Waals surface area contributed by atoms with Crippen LogP contribution >= 0.6 is 23.2 Å². The molecule has 0 N–H and O–H groups in total. The summed E-state index contributed by atoms with van der Waals surface area (Å²) in [5.41, 5.74) is 2.44. The van der Waals surface area contributed by atoms with Gasteiger partial charge >= 0.3 is 12.1 Å². The average molecular weight is 655 g/mol. The number of carbonyl (C=O) groups is 2. The number of nitrogens with zero attached hydrogens (tertiary/aromatic N) is 5. The van der Waals surface area contributed by atoms with Crippen molar-refractivity contribution in [2.24, 2.45) is 4.99 Å². The fraction of sp³-hybridized carbons (Fsp3) is 0.364. The molecule has 0 saturated carbocycles. The second-order valence-electron chi connectivity index (χ2n) is 10.8. The lowest BCUT2D eigenvalue weighted by Gasteiger charge is -2.38. The Bertz CT molecular complexity index is 1530. The first-order chi connectivity index (χ1) is 21.7. The van der Waals surface area contributed by atoms with E-state index >= 15 is 0 Å². The molecule has 1 saturated heterocycles. The zero-order valence-electron chi connectivity index (χ0n) is 25.8. The molecular weight excluding hydrogens is 617 g/mol. The SMILES string of the molecule is CCOc1ccc(C2=NC(c3ccc(Cl)cc3)C(c3ccc(Cl)cc3)N2C(=O)N2CCN(OC(=O)N(C)C)CC2)c(OCC)c1. The highest BCUT2D eigenvalue weighted by atomic mass is 35.5. The van der Waals surface area contributed by atoms with Crippen LogP contribution in [-0.4, -0.2) is 91.2 Å². The van der Waals surface area contributed by atoms with Crippen molar-refractivity contribution in [3.8, 4) is 11.5 Å². The summed E-state index contributed by atoms with van der Waals surface area (Å²) in [6.07, 6.45) is -0.462. The van der Waals surface area contributed by atoms with Gasteiger partial charge in [-0.1, -0.05) is 47.5 Å². The lowest BCUT2D eigenvalue weighted by molar-refractivity contribution is -0.126. The van der Waals surface area contributed by atoms with Crippen molar-refractivity contribution >= 4 is 41.2 Å². The van der Waals surface area contributed by atoms with E-state index in [0.29, 0.717) is 72.3 Å². The molecule has 3 aromatic rings. The molecule has 238 valence electrons. The Balaban J connectivity index is 1.58. The predicted molar refractivity (Wildman–Crippen MR) is 174 cm³/mol. The number of ether oxygens (including phenoxy) is 2. The van der Waals surface area contributed by atoms with Gasteiger partial charge in [0.05, 0.1) is 37.9 Å². The monoisotopic (exact) mass is 653 g/mol. The molecule has 2 unspecified atom stereocenters. The van der Waals surface area contributed by atoms with Crippen molar-refractivity contribution in [1.29, 1.82) is 0 Å². The largest absolute Gasteiger partial charge is 0.494 e. The number of amidine groups is 1. The molecule has 0 bridgehead atoms. The van der Waals surface area contributed by atoms with E-state index in [1.54, 1.807) is 29.0 Å². The first-order valence-electron chi connectivity index (χ1n) is 14.9. The van der Waals surface area contributed by atoms with E-state index in [2.05, 4.69) is 0 Å². The molecule has 2 aliphatic heterocycles. The van der Waals surface area contributed by atoms with Crippen molar-refractivity contribution in [3.05, 3.63) is 93.5 Å². The van der Waals surface area contributed by atoms with Crippen LogP contribution in [-0.2, 0) is 4.84 Å². The summed E-state index contributed by atoms with van der Waals surface area (Å²) >= 11 is 12.6. The number of hydrogen-bond acceptors (Lipinski definition) is 7. The fourth-order valence-corrected chi connectivity index (χ4v) is 5.64. The van der Waals surface area contributed by atoms with Crippen LogP contribution in [0.15, 0.2) is 71.7 Å². The number of aliphatic imine (C=N–C) groups is 1. The van der Waals surface area contributed by atoms with Gasteiger partial charge in [-0.25, -0.2) is 9.59 Å². The highest BCUT2D eigenvalue weighted by molar-refractivity contribution is 6.30. The Morgan fingerprint density at radius 3 is 2.02 bits per heavy atom. The number of urea groups is 1. The van der Waals surface area contributed by atoms with Crippen molar-refractivity contribution in [1.82, 2.24) is 19.8 Å². The zero-order chi connectivity index (χ0) is 32.1. The van der Waals surface area contributed by atoms with Crippen LogP contribution < -0.4 is 9.47 Å². The average Bonchev–Trinajstić information content (AvgIpc) is 3.42. The predicted octanol–water partition coefficient (Wildman–Crippen LogP) is 6.69. The number of hydroxylamine groups is 2. The van der Waals surface area contributed by atoms with Gasteiger partial charge in [0.1, 0.15) is 23.4 Å². The van der Waals surface area contributed by atoms with Gasteiger partial charge in [0.25, 0.3) is 0 Å². The molecule has 45 heavy (non-hydrogen) atoms. The normalized spacial score (nSPS) is 18.4. The zero-order valence-corrected chi connectivity index (χ0v) is 27.3. The Labute approximate surface area is 273 Å². The van der Waals surface area contributed by atoms with Gasteiger partial charge in [-0.2, -0.15) is 0 Å². The Morgan fingerprint density at radius 2 is 1.44 bits per heavy atom. The van der Waals surface area contributed by atoms with Crippen molar-refractivity contribution in [2.45, 2.75) is 25.9 Å². The Morgan fingerprint density at radius 1 is 0.844 bits per heavy atom. The molecule has 3 aromatic carbocycles. The standard InChI is InChI=1S/C33H37Cl2N5O5/c1-5-43-26-15-16-27(28(21-26)44-6-2)31-36-29(22-7-11-24(34)12-8-22)30(23-9-13-25(35)14-10-23)40(31)32(41)38-17-19-39(20-18-38)45-33(42)37(3)4/h7-16,21,29-30H,5-6,17-20H2,1-4H3. The third-order valence-corrected chi connectivity index (χ3v) is 8.09. The summed E-state index contributed by atoms with van der Waals surface area (Å²) in [6, 6.07) is 19.4. The molecule has 10 nitrogen and oxygen atoms in total. The number of piperazine rings is 1. The maximum atomic E-state index is 14.7. The van der Waals surface area contributed by atoms with E-state index in [1.807, 2.05) is 80.6 Å². The van der Waals surface area contributed by atoms with Crippen LogP contribution in [0.25, 0.3) is 0 Å². The van der Waals surface area contributed by atoms with E-state index in [0.717, 1.165) is 11.1 Å². The van der Waals surface area contributed by atoms with Gasteiger partial charge in [0, 0.05) is 43.3 Å². The van der Waals surface area contributed by atoms with E-state index in [1.165, 1.54) is 4.90 Å². The highest BCUT2D eigenvalue weighted by Crippen LogP contribution is 2.45. The maximum absolute atomic E-state index is 14.7. The molecule has 0 radical (unpaired) electrons. The summed E-state index contributed by atoms with van der Waals surface area (Å²) in [7, 11) is 3.25. The van der Waals surface area contributed by atoms with Crippen LogP contribution in [0.5, 0.6) is 11.5 Å². The minimum Gasteiger partial charge on any atom is -0.494 e. The van der Waals surface area contributed by atoms with E-state index in [9.17, 15) is 9.59 Å². The lowest BCUT2D eigenvalue weighted by atomic mass is 9.93. The molecule has 5 rings (SSSR count). The molecular formula is C33H37Cl2N5O5. The number of halogens is 2. The first kappa shape index (κ1) is 32.4. The smallest absolute Gasteiger partial charge is 0.428 e. The van der Waals surface area contributed by atoms with Crippen LogP contribution in [0, 0.1) is 0 Å². The summed E-state index contributed by atoms with van der Waals surface area (Å²) in [6.45, 7) is 6.18. The Kier molecular flexibility index (Phi) is 10.4. The minimum atomic E-state index is -0.503. The number of amides is 3. The molecule has 2 heterocycles. The fourth-order valence-electron chi connectivity index (χ4n) is 5.39. The lowest BCUT2D eigenvalue weighted by Crippen LogP contribution is -2.54. The third kappa shape index (κ3) is 7.30. The summed E-state index contributed by atoms with van der Waals surface area (Å²) in [5, 5.41) is 2.78. The summed E-state index contributed by atoms with van der Waals surface area (Å²) in [5.74, 6) is 1.70. The molecule has 0 spiro atoms. The highest BCUT2D eigenvalue weighted by Gasteiger charge is 2.45. The molecule has 2 atom stereocenters. The molecule has 2 aliphatic rings. The second kappa shape index (κ2) is 14.4. The Hall–Kier alpha value is -3.99. The van der Waals surface area contributed by atoms with Crippen molar-refractivity contribution in [2.75, 3.05) is 53.5 Å². The molecule has 0 aliphatic carbocycles. The van der Waals surface area contributed by atoms with Gasteiger partial charge in [-0.3, -0.25) is 9.89 Å². The second-order valence-corrected chi connectivity index (χ2v) is 11.7. The quantitative estimate of drug-likeness (QED) is 0.269. The number of hydrogen-bond donors (Lipinski definition) is 0. The van der Waals surface area contributed by atoms with Gasteiger partial charge in [-0.05, 0) is 61.4 Å². The van der Waals surface area contributed by atoms with E-state index in [4.69, 9.17) is 42.5 Å². The van der Waals surface area contributed by atoms with Crippen LogP contribution in [0.4, 0.5) is 9.59 Å². The topological polar surface area (TPSA) is 87.2 Å². The van der Waals surface area contributed by atoms with Crippen LogP contribution in [0.1, 0.15) is 42.6 Å². The maximum Gasteiger partial charge on any atom is 0.428 e. The minimum absolute atomic E-state index is 0.222. The van der Waals surface area contributed by atoms with E-state index in [-0.39, 0.29) is 6.03 Å².